The van der Waals surface area contributed by atoms with E-state index in [0.29, 0.717) is 18.0 Å². The van der Waals surface area contributed by atoms with E-state index < -0.39 is 29.2 Å². The van der Waals surface area contributed by atoms with Crippen LogP contribution in [0.5, 0.6) is 0 Å². The first-order chi connectivity index (χ1) is 11.8. The quantitative estimate of drug-likeness (QED) is 0.649. The number of imide groups is 1. The molecule has 1 saturated carbocycles. The second kappa shape index (κ2) is 6.44. The van der Waals surface area contributed by atoms with Crippen molar-refractivity contribution in [3.05, 3.63) is 35.6 Å². The van der Waals surface area contributed by atoms with Gasteiger partial charge in [0.15, 0.2) is 0 Å². The van der Waals surface area contributed by atoms with Crippen LogP contribution in [0.4, 0.5) is 9.18 Å². The van der Waals surface area contributed by atoms with Crippen LogP contribution in [0.25, 0.3) is 0 Å². The van der Waals surface area contributed by atoms with E-state index in [4.69, 9.17) is 5.73 Å². The highest BCUT2D eigenvalue weighted by molar-refractivity contribution is 6.09. The van der Waals surface area contributed by atoms with Crippen molar-refractivity contribution in [1.29, 1.82) is 0 Å². The third kappa shape index (κ3) is 3.48. The number of nitrogens with one attached hydrogen (secondary N) is 2. The zero-order valence-corrected chi connectivity index (χ0v) is 13.9. The zero-order valence-electron chi connectivity index (χ0n) is 13.9. The lowest BCUT2D eigenvalue weighted by Gasteiger charge is -2.22. The zero-order chi connectivity index (χ0) is 18.2. The Hall–Kier alpha value is -2.48. The van der Waals surface area contributed by atoms with Crippen molar-refractivity contribution in [2.24, 2.45) is 11.7 Å². The second-order valence-electron chi connectivity index (χ2n) is 6.76. The maximum Gasteiger partial charge on any atom is 0.325 e. The van der Waals surface area contributed by atoms with Crippen molar-refractivity contribution in [1.82, 2.24) is 15.5 Å². The molecule has 1 heterocycles. The molecule has 2 atom stereocenters. The van der Waals surface area contributed by atoms with Crippen LogP contribution in [0.2, 0.25) is 0 Å². The number of amides is 4. The molecule has 0 spiro atoms. The van der Waals surface area contributed by atoms with Crippen LogP contribution < -0.4 is 16.4 Å². The molecule has 0 aromatic heterocycles. The van der Waals surface area contributed by atoms with Crippen molar-refractivity contribution in [2.75, 3.05) is 13.1 Å². The molecule has 2 aliphatic rings. The van der Waals surface area contributed by atoms with Crippen molar-refractivity contribution < 1.29 is 18.8 Å². The van der Waals surface area contributed by atoms with E-state index >= 15 is 0 Å². The molecule has 1 saturated heterocycles. The van der Waals surface area contributed by atoms with Gasteiger partial charge in [0.2, 0.25) is 5.91 Å². The molecule has 134 valence electrons. The van der Waals surface area contributed by atoms with Crippen LogP contribution in [-0.4, -0.2) is 41.9 Å². The SMILES string of the molecule is CC1(c2ccc(F)cc2)NC(=O)N(CC(=O)NCC(N)C2CC2)C1=O. The van der Waals surface area contributed by atoms with Gasteiger partial charge >= 0.3 is 6.03 Å². The topological polar surface area (TPSA) is 105 Å². The molecule has 3 rings (SSSR count). The molecule has 1 aromatic rings. The summed E-state index contributed by atoms with van der Waals surface area (Å²) in [6.07, 6.45) is 2.14. The first kappa shape index (κ1) is 17.3. The minimum Gasteiger partial charge on any atom is -0.353 e. The van der Waals surface area contributed by atoms with Crippen LogP contribution in [0.3, 0.4) is 0 Å². The number of carbonyl (C=O) groups excluding carboxylic acids is 3. The highest BCUT2D eigenvalue weighted by Crippen LogP contribution is 2.31. The lowest BCUT2D eigenvalue weighted by molar-refractivity contribution is -0.134. The van der Waals surface area contributed by atoms with E-state index in [-0.39, 0.29) is 12.6 Å². The van der Waals surface area contributed by atoms with Gasteiger partial charge in [-0.15, -0.1) is 0 Å². The Kier molecular flexibility index (Phi) is 4.47. The predicted molar refractivity (Wildman–Crippen MR) is 87.7 cm³/mol. The van der Waals surface area contributed by atoms with E-state index in [0.717, 1.165) is 17.7 Å². The van der Waals surface area contributed by atoms with E-state index in [1.807, 2.05) is 0 Å². The first-order valence-corrected chi connectivity index (χ1v) is 8.23. The number of nitrogens with zero attached hydrogens (tertiary/aromatic N) is 1. The van der Waals surface area contributed by atoms with Crippen molar-refractivity contribution in [2.45, 2.75) is 31.3 Å². The van der Waals surface area contributed by atoms with Gasteiger partial charge in [-0.3, -0.25) is 14.5 Å². The van der Waals surface area contributed by atoms with Crippen LogP contribution in [0.1, 0.15) is 25.3 Å². The number of halogens is 1. The fourth-order valence-electron chi connectivity index (χ4n) is 2.94. The summed E-state index contributed by atoms with van der Waals surface area (Å²) in [6.45, 7) is 1.47. The third-order valence-corrected chi connectivity index (χ3v) is 4.76. The summed E-state index contributed by atoms with van der Waals surface area (Å²) in [5, 5.41) is 5.23. The Morgan fingerprint density at radius 2 is 2.04 bits per heavy atom. The van der Waals surface area contributed by atoms with Gasteiger partial charge in [-0.05, 0) is 43.4 Å². The monoisotopic (exact) mass is 348 g/mol. The Morgan fingerprint density at radius 1 is 1.40 bits per heavy atom. The van der Waals surface area contributed by atoms with Gasteiger partial charge in [0.1, 0.15) is 17.9 Å². The molecule has 0 bridgehead atoms. The smallest absolute Gasteiger partial charge is 0.325 e. The Bertz CT molecular complexity index is 704. The van der Waals surface area contributed by atoms with Gasteiger partial charge in [0, 0.05) is 12.6 Å². The highest BCUT2D eigenvalue weighted by Gasteiger charge is 2.49. The maximum absolute atomic E-state index is 13.1. The molecule has 8 heteroatoms. The molecule has 1 aliphatic heterocycles. The maximum atomic E-state index is 13.1. The van der Waals surface area contributed by atoms with Gasteiger partial charge in [-0.1, -0.05) is 12.1 Å². The Balaban J connectivity index is 1.64. The second-order valence-corrected chi connectivity index (χ2v) is 6.76. The van der Waals surface area contributed by atoms with E-state index in [2.05, 4.69) is 10.6 Å². The number of nitrogens with two attached hydrogens (primary N) is 1. The molecular formula is C17H21FN4O3. The summed E-state index contributed by atoms with van der Waals surface area (Å²) in [5.41, 5.74) is 5.04. The third-order valence-electron chi connectivity index (χ3n) is 4.76. The standard InChI is InChI=1S/C17H21FN4O3/c1-17(11-4-6-12(18)7-5-11)15(24)22(16(25)21-17)9-14(23)20-8-13(19)10-2-3-10/h4-7,10,13H,2-3,8-9,19H2,1H3,(H,20,23)(H,21,25). The Labute approximate surface area is 144 Å². The molecule has 4 N–H and O–H groups in total. The average Bonchev–Trinajstić information content (AvgIpc) is 3.39. The molecule has 2 unspecified atom stereocenters. The highest BCUT2D eigenvalue weighted by atomic mass is 19.1. The summed E-state index contributed by atoms with van der Waals surface area (Å²) < 4.78 is 13.1. The van der Waals surface area contributed by atoms with Crippen molar-refractivity contribution in [3.8, 4) is 0 Å². The summed E-state index contributed by atoms with van der Waals surface area (Å²) in [5.74, 6) is -0.986. The first-order valence-electron chi connectivity index (χ1n) is 8.23. The molecule has 25 heavy (non-hydrogen) atoms. The van der Waals surface area contributed by atoms with Crippen LogP contribution >= 0.6 is 0 Å². The lowest BCUT2D eigenvalue weighted by atomic mass is 9.92. The number of carbonyl (C=O) groups is 3. The fraction of sp³-hybridized carbons (Fsp3) is 0.471. The summed E-state index contributed by atoms with van der Waals surface area (Å²) >= 11 is 0. The minimum atomic E-state index is -1.32. The van der Waals surface area contributed by atoms with Gasteiger partial charge < -0.3 is 16.4 Å². The number of benzene rings is 1. The molecule has 0 radical (unpaired) electrons. The Morgan fingerprint density at radius 3 is 2.64 bits per heavy atom. The minimum absolute atomic E-state index is 0.100. The van der Waals surface area contributed by atoms with Crippen LogP contribution in [0, 0.1) is 11.7 Å². The van der Waals surface area contributed by atoms with Crippen molar-refractivity contribution in [3.63, 3.8) is 0 Å². The lowest BCUT2D eigenvalue weighted by Crippen LogP contribution is -2.45. The summed E-state index contributed by atoms with van der Waals surface area (Å²) in [4.78, 5) is 37.7. The normalized spacial score (nSPS) is 24.2. The van der Waals surface area contributed by atoms with Crippen LogP contribution in [0.15, 0.2) is 24.3 Å². The molecule has 1 aromatic carbocycles. The molecular weight excluding hydrogens is 327 g/mol. The fourth-order valence-corrected chi connectivity index (χ4v) is 2.94. The average molecular weight is 348 g/mol. The van der Waals surface area contributed by atoms with Crippen molar-refractivity contribution >= 4 is 17.8 Å². The van der Waals surface area contributed by atoms with Gasteiger partial charge in [-0.2, -0.15) is 0 Å². The number of hydrogen-bond acceptors (Lipinski definition) is 4. The van der Waals surface area contributed by atoms with Gasteiger partial charge in [0.05, 0.1) is 0 Å². The van der Waals surface area contributed by atoms with Gasteiger partial charge in [-0.25, -0.2) is 9.18 Å². The predicted octanol–water partition coefficient (Wildman–Crippen LogP) is 0.446. The number of urea groups is 1. The van der Waals surface area contributed by atoms with Crippen LogP contribution in [-0.2, 0) is 15.1 Å². The molecule has 4 amide bonds. The molecule has 1 aliphatic carbocycles. The number of rotatable bonds is 6. The summed E-state index contributed by atoms with van der Waals surface area (Å²) in [6, 6.07) is 4.55. The summed E-state index contributed by atoms with van der Waals surface area (Å²) in [7, 11) is 0. The largest absolute Gasteiger partial charge is 0.353 e. The van der Waals surface area contributed by atoms with E-state index in [1.165, 1.54) is 31.2 Å². The van der Waals surface area contributed by atoms with E-state index in [9.17, 15) is 18.8 Å². The van der Waals surface area contributed by atoms with E-state index in [1.54, 1.807) is 0 Å². The molecule has 2 fully saturated rings. The number of hydrogen-bond donors (Lipinski definition) is 3. The van der Waals surface area contributed by atoms with Gasteiger partial charge in [0.25, 0.3) is 5.91 Å². The molecule has 7 nitrogen and oxygen atoms in total.